The monoisotopic (exact) mass is 1100 g/mol. The van der Waals surface area contributed by atoms with Gasteiger partial charge < -0.3 is 30.0 Å². The summed E-state index contributed by atoms with van der Waals surface area (Å²) in [6.07, 6.45) is -5.41. The molecule has 6 nitrogen and oxygen atoms in total. The van der Waals surface area contributed by atoms with Gasteiger partial charge in [-0.1, -0.05) is 0 Å². The van der Waals surface area contributed by atoms with Crippen LogP contribution in [0.15, 0.2) is 0 Å². The molecule has 0 aromatic rings. The van der Waals surface area contributed by atoms with E-state index < -0.39 is 37.1 Å². The number of carbonyl (C=O) groups excluding carboxylic acids is 1. The average Bonchev–Trinajstić information content (AvgIpc) is 2.19. The number of hydrogen-bond donors (Lipinski definition) is 4. The molecule has 0 spiro atoms. The van der Waals surface area contributed by atoms with Crippen molar-refractivity contribution in [2.45, 2.75) is 36.9 Å². The number of hydrogen-bond acceptors (Lipinski definition) is 6. The summed E-state index contributed by atoms with van der Waals surface area (Å²) < 4.78 is 5.03. The predicted molar refractivity (Wildman–Crippen MR) is 44.4 cm³/mol. The van der Waals surface area contributed by atoms with Gasteiger partial charge in [0.05, 0.1) is 12.7 Å². The Balaban J connectivity index is -0.0000000245. The molecule has 16 heteroatoms. The van der Waals surface area contributed by atoms with Crippen LogP contribution in [0.3, 0.4) is 0 Å². The summed E-state index contributed by atoms with van der Waals surface area (Å²) >= 11 is 0. The summed E-state index contributed by atoms with van der Waals surface area (Å²) in [7, 11) is 0. The van der Waals surface area contributed by atoms with Crippen molar-refractivity contribution in [1.29, 1.82) is 0 Å². The third kappa shape index (κ3) is 25.6. The van der Waals surface area contributed by atoms with E-state index in [4.69, 9.17) is 9.84 Å². The topological polar surface area (TPSA) is 107 Å². The second kappa shape index (κ2) is 40.7. The molecule has 1 aliphatic rings. The molecule has 1 rings (SSSR count). The van der Waals surface area contributed by atoms with E-state index in [0.29, 0.717) is 6.29 Å². The maximum atomic E-state index is 10.2. The molecule has 1 aliphatic heterocycles. The summed E-state index contributed by atoms with van der Waals surface area (Å²) in [5.74, 6) is 0. The maximum absolute atomic E-state index is 10.2. The summed E-state index contributed by atoms with van der Waals surface area (Å²) in [6, 6.07) is 0. The second-order valence-corrected chi connectivity index (χ2v) is 3.27. The Bertz CT molecular complexity index is 218. The quantitative estimate of drug-likeness (QED) is 0.232. The molecule has 1 heterocycles. The Kier molecular flexibility index (Phi) is 109. The van der Waals surface area contributed by atoms with Gasteiger partial charge in [0.15, 0.2) is 0 Å². The van der Waals surface area contributed by atoms with Gasteiger partial charge in [-0.05, 0) is 0 Å². The first-order valence-electron chi connectivity index (χ1n) is 4.36. The smallest absolute Gasteiger partial charge is 0.122 e. The molecular formula is C8H14O6Y10. The fourth-order valence-corrected chi connectivity index (χ4v) is 1.47. The number of aliphatic hydroxyl groups is 4. The molecule has 4 N–H and O–H groups in total. The van der Waals surface area contributed by atoms with Gasteiger partial charge in [0.1, 0.15) is 30.7 Å². The first-order valence-corrected chi connectivity index (χ1v) is 4.36. The molecule has 5 atom stereocenters. The molecule has 0 aromatic carbocycles. The van der Waals surface area contributed by atoms with Crippen LogP contribution in [-0.2, 0) is 337 Å². The fraction of sp³-hybridized carbons (Fsp3) is 0.875. The van der Waals surface area contributed by atoms with Crippen molar-refractivity contribution in [2.24, 2.45) is 0 Å². The van der Waals surface area contributed by atoms with E-state index in [9.17, 15) is 20.1 Å². The Labute approximate surface area is 395 Å². The van der Waals surface area contributed by atoms with Crippen LogP contribution in [0.4, 0.5) is 0 Å². The van der Waals surface area contributed by atoms with E-state index in [-0.39, 0.29) is 334 Å². The van der Waals surface area contributed by atoms with Crippen LogP contribution >= 0.6 is 0 Å². The van der Waals surface area contributed by atoms with Crippen molar-refractivity contribution >= 4 is 6.29 Å². The van der Waals surface area contributed by atoms with Crippen molar-refractivity contribution < 1.29 is 357 Å². The van der Waals surface area contributed by atoms with E-state index in [0.717, 1.165) is 0 Å². The van der Waals surface area contributed by atoms with Crippen LogP contribution in [0, 0.1) is 0 Å². The minimum absolute atomic E-state index is 0. The molecule has 2 unspecified atom stereocenters. The minimum atomic E-state index is -1.40. The Hall–Kier alpha value is 10.5. The largest absolute Gasteiger partial charge is 0.394 e. The van der Waals surface area contributed by atoms with Gasteiger partial charge in [0, 0.05) is 334 Å². The van der Waals surface area contributed by atoms with Gasteiger partial charge in [-0.25, -0.2) is 0 Å². The van der Waals surface area contributed by atoms with E-state index in [1.165, 1.54) is 0 Å². The van der Waals surface area contributed by atoms with E-state index >= 15 is 0 Å². The van der Waals surface area contributed by atoms with Crippen LogP contribution in [0.5, 0.6) is 0 Å². The van der Waals surface area contributed by atoms with Crippen LogP contribution in [0.25, 0.3) is 0 Å². The molecule has 0 saturated carbocycles. The standard InChI is InChI=1S/C8H14O6.10Y/c9-2-1-4-6(11)8(13)7(12)5(3-10)14-4;;;;;;;;;;/h2,4-8,10-13H,1,3H2;;;;;;;;;;/t4-,5?,6?,7-,8+;;;;;;;;;;/m0........../s1. The third-order valence-electron chi connectivity index (χ3n) is 2.32. The molecule has 0 bridgehead atoms. The van der Waals surface area contributed by atoms with E-state index in [1.54, 1.807) is 0 Å². The van der Waals surface area contributed by atoms with Crippen molar-refractivity contribution in [3.8, 4) is 0 Å². The summed E-state index contributed by atoms with van der Waals surface area (Å²) in [5.41, 5.74) is 0. The average molecular weight is 1100 g/mol. The van der Waals surface area contributed by atoms with Gasteiger partial charge in [-0.2, -0.15) is 0 Å². The van der Waals surface area contributed by atoms with Crippen LogP contribution < -0.4 is 0 Å². The van der Waals surface area contributed by atoms with Crippen LogP contribution in [0.1, 0.15) is 6.42 Å². The van der Waals surface area contributed by atoms with Gasteiger partial charge in [0.2, 0.25) is 0 Å². The Morgan fingerprint density at radius 2 is 1.00 bits per heavy atom. The predicted octanol–water partition coefficient (Wildman–Crippen LogP) is -2.61. The van der Waals surface area contributed by atoms with Crippen LogP contribution in [0.2, 0.25) is 0 Å². The number of rotatable bonds is 3. The molecule has 0 amide bonds. The van der Waals surface area contributed by atoms with Crippen molar-refractivity contribution in [3.63, 3.8) is 0 Å². The summed E-state index contributed by atoms with van der Waals surface area (Å²) in [6.45, 7) is -0.472. The van der Waals surface area contributed by atoms with Crippen molar-refractivity contribution in [1.82, 2.24) is 0 Å². The molecule has 24 heavy (non-hydrogen) atoms. The second-order valence-electron chi connectivity index (χ2n) is 3.27. The summed E-state index contributed by atoms with van der Waals surface area (Å²) in [4.78, 5) is 10.2. The Morgan fingerprint density at radius 1 is 0.667 bits per heavy atom. The van der Waals surface area contributed by atoms with Gasteiger partial charge >= 0.3 is 0 Å². The fourth-order valence-electron chi connectivity index (χ4n) is 1.47. The zero-order valence-corrected chi connectivity index (χ0v) is 41.6. The molecule has 0 aliphatic carbocycles. The molecule has 112 valence electrons. The molecule has 1 saturated heterocycles. The third-order valence-corrected chi connectivity index (χ3v) is 2.32. The SMILES string of the molecule is O=CC[C@@H]1OC(CO)[C@H](O)[C@H](O)C1O.[Y].[Y].[Y].[Y].[Y].[Y].[Y].[Y].[Y].[Y]. The molecular weight excluding hydrogens is 1080 g/mol. The molecule has 1 fully saturated rings. The Morgan fingerprint density at radius 3 is 1.29 bits per heavy atom. The normalized spacial score (nSPS) is 25.4. The first-order chi connectivity index (χ1) is 6.61. The van der Waals surface area contributed by atoms with Gasteiger partial charge in [0.25, 0.3) is 0 Å². The zero-order chi connectivity index (χ0) is 10.7. The van der Waals surface area contributed by atoms with E-state index in [2.05, 4.69) is 0 Å². The van der Waals surface area contributed by atoms with Crippen LogP contribution in [-0.4, -0.2) is 63.8 Å². The molecule has 0 aromatic heterocycles. The number of aldehydes is 1. The number of aliphatic hydroxyl groups excluding tert-OH is 4. The number of ether oxygens (including phenoxy) is 1. The molecule has 10 radical (unpaired) electrons. The van der Waals surface area contributed by atoms with Crippen molar-refractivity contribution in [2.75, 3.05) is 6.61 Å². The van der Waals surface area contributed by atoms with Crippen molar-refractivity contribution in [3.05, 3.63) is 0 Å². The first kappa shape index (κ1) is 64.5. The van der Waals surface area contributed by atoms with Gasteiger partial charge in [-0.3, -0.25) is 0 Å². The number of carbonyl (C=O) groups is 1. The minimum Gasteiger partial charge on any atom is -0.394 e. The van der Waals surface area contributed by atoms with Gasteiger partial charge in [-0.15, -0.1) is 0 Å². The van der Waals surface area contributed by atoms with E-state index in [1.807, 2.05) is 0 Å². The summed E-state index contributed by atoms with van der Waals surface area (Å²) in [5, 5.41) is 36.8. The zero-order valence-electron chi connectivity index (χ0n) is 13.3. The maximum Gasteiger partial charge on any atom is 0.122 e.